The van der Waals surface area contributed by atoms with Crippen LogP contribution in [0.15, 0.2) is 48.5 Å². The molecule has 0 fully saturated rings. The van der Waals surface area contributed by atoms with Gasteiger partial charge in [0.05, 0.1) is 12.2 Å². The minimum Gasteiger partial charge on any atom is -0.353 e. The molecule has 1 aromatic heterocycles. The Bertz CT molecular complexity index is 776. The van der Waals surface area contributed by atoms with Crippen LogP contribution in [0.1, 0.15) is 22.9 Å². The average Bonchev–Trinajstić information content (AvgIpc) is 2.86. The van der Waals surface area contributed by atoms with Gasteiger partial charge in [-0.3, -0.25) is 0 Å². The van der Waals surface area contributed by atoms with Gasteiger partial charge in [0.2, 0.25) is 0 Å². The molecule has 1 atom stereocenters. The van der Waals surface area contributed by atoms with Gasteiger partial charge in [-0.2, -0.15) is 0 Å². The fourth-order valence-corrected chi connectivity index (χ4v) is 3.27. The van der Waals surface area contributed by atoms with Crippen molar-refractivity contribution in [3.63, 3.8) is 0 Å². The Kier molecular flexibility index (Phi) is 2.60. The highest BCUT2D eigenvalue weighted by atomic mass is 19.1. The number of para-hydroxylation sites is 1. The molecule has 100 valence electrons. The van der Waals surface area contributed by atoms with Gasteiger partial charge in [-0.25, -0.2) is 4.39 Å². The van der Waals surface area contributed by atoms with Crippen molar-refractivity contribution in [2.45, 2.75) is 12.5 Å². The number of quaternary nitrogens is 1. The van der Waals surface area contributed by atoms with Crippen molar-refractivity contribution in [2.75, 3.05) is 6.54 Å². The molecule has 2 aromatic carbocycles. The van der Waals surface area contributed by atoms with Crippen molar-refractivity contribution in [3.05, 3.63) is 71.2 Å². The van der Waals surface area contributed by atoms with Gasteiger partial charge in [0.1, 0.15) is 5.82 Å². The number of benzene rings is 2. The third kappa shape index (κ3) is 1.74. The number of H-pyrrole nitrogens is 1. The molecular formula is C17H16FN2+. The van der Waals surface area contributed by atoms with Gasteiger partial charge in [-0.05, 0) is 23.8 Å². The van der Waals surface area contributed by atoms with Gasteiger partial charge in [0.15, 0.2) is 6.04 Å². The van der Waals surface area contributed by atoms with E-state index in [4.69, 9.17) is 0 Å². The highest BCUT2D eigenvalue weighted by molar-refractivity contribution is 5.85. The Morgan fingerprint density at radius 1 is 1.10 bits per heavy atom. The van der Waals surface area contributed by atoms with E-state index in [9.17, 15) is 4.39 Å². The SMILES string of the molecule is Fc1cccc(C2[NH2+]CCc3c2[nH]c2ccccc32)c1. The van der Waals surface area contributed by atoms with Gasteiger partial charge in [-0.1, -0.05) is 30.3 Å². The summed E-state index contributed by atoms with van der Waals surface area (Å²) in [6.07, 6.45) is 1.06. The molecular weight excluding hydrogens is 251 g/mol. The minimum atomic E-state index is -0.167. The number of aromatic amines is 1. The van der Waals surface area contributed by atoms with E-state index in [1.807, 2.05) is 12.1 Å². The first-order valence-electron chi connectivity index (χ1n) is 7.01. The van der Waals surface area contributed by atoms with E-state index in [2.05, 4.69) is 28.5 Å². The molecule has 0 saturated carbocycles. The molecule has 3 N–H and O–H groups in total. The number of halogens is 1. The number of aromatic nitrogens is 1. The number of nitrogens with one attached hydrogen (secondary N) is 1. The van der Waals surface area contributed by atoms with E-state index in [1.165, 1.54) is 28.2 Å². The maximum atomic E-state index is 13.5. The van der Waals surface area contributed by atoms with Crippen LogP contribution in [0.4, 0.5) is 4.39 Å². The monoisotopic (exact) mass is 267 g/mol. The van der Waals surface area contributed by atoms with Crippen molar-refractivity contribution >= 4 is 10.9 Å². The van der Waals surface area contributed by atoms with Crippen LogP contribution in [-0.4, -0.2) is 11.5 Å². The van der Waals surface area contributed by atoms with Crippen LogP contribution in [0.3, 0.4) is 0 Å². The van der Waals surface area contributed by atoms with Crippen LogP contribution >= 0.6 is 0 Å². The second-order valence-corrected chi connectivity index (χ2v) is 5.37. The molecule has 3 aromatic rings. The number of hydrogen-bond acceptors (Lipinski definition) is 0. The van der Waals surface area contributed by atoms with Crippen LogP contribution in [-0.2, 0) is 6.42 Å². The fraction of sp³-hybridized carbons (Fsp3) is 0.176. The summed E-state index contributed by atoms with van der Waals surface area (Å²) in [6.45, 7) is 1.04. The standard InChI is InChI=1S/C17H15FN2/c18-12-5-3-4-11(10-12)16-17-14(8-9-19-16)13-6-1-2-7-15(13)20-17/h1-7,10,16,19-20H,8-9H2/p+1. The predicted octanol–water partition coefficient (Wildman–Crippen LogP) is 2.52. The van der Waals surface area contributed by atoms with Crippen molar-refractivity contribution < 1.29 is 9.71 Å². The van der Waals surface area contributed by atoms with Gasteiger partial charge < -0.3 is 10.3 Å². The number of rotatable bonds is 1. The van der Waals surface area contributed by atoms with Crippen LogP contribution in [0.2, 0.25) is 0 Å². The lowest BCUT2D eigenvalue weighted by atomic mass is 9.94. The molecule has 0 amide bonds. The summed E-state index contributed by atoms with van der Waals surface area (Å²) in [5, 5.41) is 3.59. The summed E-state index contributed by atoms with van der Waals surface area (Å²) >= 11 is 0. The summed E-state index contributed by atoms with van der Waals surface area (Å²) in [5.41, 5.74) is 4.81. The molecule has 1 unspecified atom stereocenters. The van der Waals surface area contributed by atoms with Crippen molar-refractivity contribution in [3.8, 4) is 0 Å². The Labute approximate surface area is 116 Å². The van der Waals surface area contributed by atoms with Crippen LogP contribution in [0.25, 0.3) is 10.9 Å². The zero-order chi connectivity index (χ0) is 13.5. The third-order valence-electron chi connectivity index (χ3n) is 4.16. The van der Waals surface area contributed by atoms with E-state index >= 15 is 0 Å². The Balaban J connectivity index is 1.90. The Morgan fingerprint density at radius 3 is 2.90 bits per heavy atom. The lowest BCUT2D eigenvalue weighted by Crippen LogP contribution is -2.87. The highest BCUT2D eigenvalue weighted by Crippen LogP contribution is 2.30. The quantitative estimate of drug-likeness (QED) is 0.679. The molecule has 3 heteroatoms. The van der Waals surface area contributed by atoms with Crippen molar-refractivity contribution in [2.24, 2.45) is 0 Å². The summed E-state index contributed by atoms with van der Waals surface area (Å²) in [5.74, 6) is -0.167. The van der Waals surface area contributed by atoms with E-state index in [0.717, 1.165) is 18.5 Å². The van der Waals surface area contributed by atoms with E-state index < -0.39 is 0 Å². The zero-order valence-electron chi connectivity index (χ0n) is 11.1. The first-order valence-corrected chi connectivity index (χ1v) is 7.01. The number of fused-ring (bicyclic) bond motifs is 3. The second kappa shape index (κ2) is 4.46. The predicted molar refractivity (Wildman–Crippen MR) is 77.0 cm³/mol. The van der Waals surface area contributed by atoms with Gasteiger partial charge in [-0.15, -0.1) is 0 Å². The molecule has 2 heterocycles. The van der Waals surface area contributed by atoms with Gasteiger partial charge in [0.25, 0.3) is 0 Å². The summed E-state index contributed by atoms with van der Waals surface area (Å²) < 4.78 is 13.5. The average molecular weight is 267 g/mol. The molecule has 0 saturated heterocycles. The fourth-order valence-electron chi connectivity index (χ4n) is 3.27. The van der Waals surface area contributed by atoms with E-state index in [1.54, 1.807) is 12.1 Å². The molecule has 0 bridgehead atoms. The molecule has 0 radical (unpaired) electrons. The molecule has 20 heavy (non-hydrogen) atoms. The van der Waals surface area contributed by atoms with Crippen LogP contribution < -0.4 is 5.32 Å². The largest absolute Gasteiger partial charge is 0.353 e. The first-order chi connectivity index (χ1) is 9.83. The van der Waals surface area contributed by atoms with Gasteiger partial charge >= 0.3 is 0 Å². The Hall–Kier alpha value is -2.13. The first kappa shape index (κ1) is 11.7. The summed E-state index contributed by atoms with van der Waals surface area (Å²) in [7, 11) is 0. The van der Waals surface area contributed by atoms with E-state index in [0.29, 0.717) is 0 Å². The molecule has 0 spiro atoms. The lowest BCUT2D eigenvalue weighted by molar-refractivity contribution is -0.690. The third-order valence-corrected chi connectivity index (χ3v) is 4.16. The van der Waals surface area contributed by atoms with Gasteiger partial charge in [0, 0.05) is 22.9 Å². The summed E-state index contributed by atoms with van der Waals surface area (Å²) in [6, 6.07) is 15.5. The topological polar surface area (TPSA) is 32.4 Å². The molecule has 1 aliphatic rings. The maximum Gasteiger partial charge on any atom is 0.153 e. The second-order valence-electron chi connectivity index (χ2n) is 5.37. The van der Waals surface area contributed by atoms with Crippen LogP contribution in [0, 0.1) is 5.82 Å². The van der Waals surface area contributed by atoms with Crippen molar-refractivity contribution in [1.29, 1.82) is 0 Å². The smallest absolute Gasteiger partial charge is 0.153 e. The lowest BCUT2D eigenvalue weighted by Gasteiger charge is -2.21. The number of hydrogen-bond donors (Lipinski definition) is 2. The molecule has 2 nitrogen and oxygen atoms in total. The minimum absolute atomic E-state index is 0.167. The van der Waals surface area contributed by atoms with Crippen LogP contribution in [0.5, 0.6) is 0 Å². The highest BCUT2D eigenvalue weighted by Gasteiger charge is 2.28. The molecule has 4 rings (SSSR count). The van der Waals surface area contributed by atoms with E-state index in [-0.39, 0.29) is 11.9 Å². The molecule has 1 aliphatic heterocycles. The maximum absolute atomic E-state index is 13.5. The summed E-state index contributed by atoms with van der Waals surface area (Å²) in [4.78, 5) is 3.53. The van der Waals surface area contributed by atoms with Crippen molar-refractivity contribution in [1.82, 2.24) is 4.98 Å². The zero-order valence-corrected chi connectivity index (χ0v) is 11.1. The molecule has 0 aliphatic carbocycles. The number of nitrogens with two attached hydrogens (primary N) is 1. The normalized spacial score (nSPS) is 18.1. The Morgan fingerprint density at radius 2 is 2.00 bits per heavy atom.